The lowest BCUT2D eigenvalue weighted by molar-refractivity contribution is -0.137. The Hall–Kier alpha value is -1.65. The summed E-state index contributed by atoms with van der Waals surface area (Å²) < 4.78 is 1.55. The highest BCUT2D eigenvalue weighted by molar-refractivity contribution is 5.78. The lowest BCUT2D eigenvalue weighted by atomic mass is 10.2. The van der Waals surface area contributed by atoms with E-state index in [0.717, 1.165) is 12.0 Å². The Bertz CT molecular complexity index is 368. The second kappa shape index (κ2) is 4.04. The fourth-order valence-electron chi connectivity index (χ4n) is 1.30. The first-order valence-electron chi connectivity index (χ1n) is 4.27. The first kappa shape index (κ1) is 10.4. The summed E-state index contributed by atoms with van der Waals surface area (Å²) in [7, 11) is 0. The van der Waals surface area contributed by atoms with Crippen molar-refractivity contribution in [1.82, 2.24) is 9.78 Å². The van der Waals surface area contributed by atoms with Gasteiger partial charge in [-0.15, -0.1) is 0 Å². The fourth-order valence-corrected chi connectivity index (χ4v) is 1.30. The monoisotopic (exact) mass is 196 g/mol. The molecule has 0 aliphatic carbocycles. The maximum Gasteiger partial charge on any atom is 0.305 e. The van der Waals surface area contributed by atoms with Crippen LogP contribution in [-0.2, 0) is 11.3 Å². The zero-order valence-corrected chi connectivity index (χ0v) is 8.15. The van der Waals surface area contributed by atoms with Gasteiger partial charge in [0.05, 0.1) is 24.2 Å². The average Bonchev–Trinajstić information content (AvgIpc) is 2.38. The molecule has 0 saturated carbocycles. The Balaban J connectivity index is 2.88. The number of carboxylic acids is 1. The Morgan fingerprint density at radius 2 is 2.21 bits per heavy atom. The minimum absolute atomic E-state index is 0.0141. The average molecular weight is 196 g/mol. The molecule has 1 aromatic heterocycles. The number of carbonyl (C=O) groups excluding carboxylic acids is 1. The van der Waals surface area contributed by atoms with E-state index < -0.39 is 5.97 Å². The highest BCUT2D eigenvalue weighted by Gasteiger charge is 2.10. The summed E-state index contributed by atoms with van der Waals surface area (Å²) in [4.78, 5) is 21.0. The van der Waals surface area contributed by atoms with Crippen LogP contribution in [-0.4, -0.2) is 27.1 Å². The number of aromatic nitrogens is 2. The van der Waals surface area contributed by atoms with Crippen LogP contribution >= 0.6 is 0 Å². The first-order chi connectivity index (χ1) is 6.56. The van der Waals surface area contributed by atoms with Gasteiger partial charge in [-0.25, -0.2) is 0 Å². The molecule has 76 valence electrons. The standard InChI is InChI=1S/C9H12N2O3/c1-6-8(5-12)7(2)11(10-6)4-3-9(13)14/h5H,3-4H2,1-2H3,(H,13,14). The number of aryl methyl sites for hydroxylation is 2. The molecule has 5 nitrogen and oxygen atoms in total. The van der Waals surface area contributed by atoms with E-state index in [-0.39, 0.29) is 6.42 Å². The molecule has 0 bridgehead atoms. The highest BCUT2D eigenvalue weighted by atomic mass is 16.4. The van der Waals surface area contributed by atoms with Gasteiger partial charge < -0.3 is 5.11 Å². The second-order valence-corrected chi connectivity index (χ2v) is 3.07. The third kappa shape index (κ3) is 1.99. The van der Waals surface area contributed by atoms with Crippen LogP contribution in [0.1, 0.15) is 28.2 Å². The van der Waals surface area contributed by atoms with Crippen molar-refractivity contribution in [3.63, 3.8) is 0 Å². The molecule has 1 N–H and O–H groups in total. The van der Waals surface area contributed by atoms with E-state index in [4.69, 9.17) is 5.11 Å². The van der Waals surface area contributed by atoms with Crippen LogP contribution in [0.25, 0.3) is 0 Å². The van der Waals surface area contributed by atoms with Crippen LogP contribution in [0, 0.1) is 13.8 Å². The molecular weight excluding hydrogens is 184 g/mol. The number of carboxylic acid groups (broad SMARTS) is 1. The van der Waals surface area contributed by atoms with Crippen LogP contribution < -0.4 is 0 Å². The first-order valence-corrected chi connectivity index (χ1v) is 4.27. The summed E-state index contributed by atoms with van der Waals surface area (Å²) in [6.07, 6.45) is 0.759. The minimum Gasteiger partial charge on any atom is -0.481 e. The number of nitrogens with zero attached hydrogens (tertiary/aromatic N) is 2. The van der Waals surface area contributed by atoms with Crippen molar-refractivity contribution in [3.8, 4) is 0 Å². The van der Waals surface area contributed by atoms with Gasteiger partial charge in [0.25, 0.3) is 0 Å². The molecule has 0 saturated heterocycles. The molecule has 0 aliphatic rings. The third-order valence-electron chi connectivity index (χ3n) is 2.09. The molecule has 0 atom stereocenters. The van der Waals surface area contributed by atoms with Crippen molar-refractivity contribution < 1.29 is 14.7 Å². The molecule has 0 aliphatic heterocycles. The lowest BCUT2D eigenvalue weighted by Crippen LogP contribution is -2.07. The summed E-state index contributed by atoms with van der Waals surface area (Å²) in [5.41, 5.74) is 1.91. The number of hydrogen-bond donors (Lipinski definition) is 1. The molecule has 0 radical (unpaired) electrons. The Morgan fingerprint density at radius 1 is 1.57 bits per heavy atom. The minimum atomic E-state index is -0.870. The van der Waals surface area contributed by atoms with Crippen molar-refractivity contribution in [2.45, 2.75) is 26.8 Å². The van der Waals surface area contributed by atoms with Crippen LogP contribution in [0.4, 0.5) is 0 Å². The topological polar surface area (TPSA) is 72.2 Å². The van der Waals surface area contributed by atoms with Gasteiger partial charge in [0.1, 0.15) is 0 Å². The van der Waals surface area contributed by atoms with Crippen molar-refractivity contribution in [2.75, 3.05) is 0 Å². The zero-order valence-electron chi connectivity index (χ0n) is 8.15. The molecule has 0 fully saturated rings. The summed E-state index contributed by atoms with van der Waals surface area (Å²) in [5, 5.41) is 12.6. The Labute approximate surface area is 81.3 Å². The Kier molecular flexibility index (Phi) is 3.01. The van der Waals surface area contributed by atoms with Gasteiger partial charge in [-0.2, -0.15) is 5.10 Å². The van der Waals surface area contributed by atoms with E-state index in [1.165, 1.54) is 0 Å². The predicted molar refractivity (Wildman–Crippen MR) is 49.3 cm³/mol. The molecule has 14 heavy (non-hydrogen) atoms. The van der Waals surface area contributed by atoms with Gasteiger partial charge in [0.15, 0.2) is 6.29 Å². The number of hydrogen-bond acceptors (Lipinski definition) is 3. The van der Waals surface area contributed by atoms with Crippen molar-refractivity contribution >= 4 is 12.3 Å². The van der Waals surface area contributed by atoms with E-state index in [1.54, 1.807) is 18.5 Å². The van der Waals surface area contributed by atoms with E-state index in [9.17, 15) is 9.59 Å². The summed E-state index contributed by atoms with van der Waals surface area (Å²) in [6, 6.07) is 0. The van der Waals surface area contributed by atoms with Crippen LogP contribution in [0.2, 0.25) is 0 Å². The van der Waals surface area contributed by atoms with Gasteiger partial charge in [0.2, 0.25) is 0 Å². The smallest absolute Gasteiger partial charge is 0.305 e. The van der Waals surface area contributed by atoms with E-state index in [0.29, 0.717) is 17.8 Å². The molecule has 1 rings (SSSR count). The number of rotatable bonds is 4. The van der Waals surface area contributed by atoms with Crippen molar-refractivity contribution in [2.24, 2.45) is 0 Å². The van der Waals surface area contributed by atoms with Crippen molar-refractivity contribution in [1.29, 1.82) is 0 Å². The normalized spacial score (nSPS) is 10.1. The SMILES string of the molecule is Cc1nn(CCC(=O)O)c(C)c1C=O. The molecule has 0 aromatic carbocycles. The quantitative estimate of drug-likeness (QED) is 0.722. The summed E-state index contributed by atoms with van der Waals surface area (Å²) >= 11 is 0. The van der Waals surface area contributed by atoms with Gasteiger partial charge >= 0.3 is 5.97 Å². The molecule has 1 aromatic rings. The third-order valence-corrected chi connectivity index (χ3v) is 2.09. The molecular formula is C9H12N2O3. The van der Waals surface area contributed by atoms with E-state index in [1.807, 2.05) is 0 Å². The highest BCUT2D eigenvalue weighted by Crippen LogP contribution is 2.10. The molecule has 0 amide bonds. The van der Waals surface area contributed by atoms with Crippen LogP contribution in [0.5, 0.6) is 0 Å². The van der Waals surface area contributed by atoms with E-state index in [2.05, 4.69) is 5.10 Å². The van der Waals surface area contributed by atoms with Crippen LogP contribution in [0.3, 0.4) is 0 Å². The van der Waals surface area contributed by atoms with E-state index >= 15 is 0 Å². The molecule has 0 unspecified atom stereocenters. The summed E-state index contributed by atoms with van der Waals surface area (Å²) in [6.45, 7) is 3.79. The summed E-state index contributed by atoms with van der Waals surface area (Å²) in [5.74, 6) is -0.870. The lowest BCUT2D eigenvalue weighted by Gasteiger charge is -2.00. The van der Waals surface area contributed by atoms with Crippen LogP contribution in [0.15, 0.2) is 0 Å². The number of aliphatic carboxylic acids is 1. The van der Waals surface area contributed by atoms with Gasteiger partial charge in [-0.1, -0.05) is 0 Å². The zero-order chi connectivity index (χ0) is 10.7. The fraction of sp³-hybridized carbons (Fsp3) is 0.444. The Morgan fingerprint density at radius 3 is 2.64 bits per heavy atom. The number of carbonyl (C=O) groups is 2. The van der Waals surface area contributed by atoms with Gasteiger partial charge in [0, 0.05) is 5.69 Å². The second-order valence-electron chi connectivity index (χ2n) is 3.07. The maximum atomic E-state index is 10.6. The molecule has 1 heterocycles. The largest absolute Gasteiger partial charge is 0.481 e. The molecule has 0 spiro atoms. The van der Waals surface area contributed by atoms with Gasteiger partial charge in [-0.05, 0) is 13.8 Å². The van der Waals surface area contributed by atoms with Crippen molar-refractivity contribution in [3.05, 3.63) is 17.0 Å². The number of aldehydes is 1. The van der Waals surface area contributed by atoms with Gasteiger partial charge in [-0.3, -0.25) is 14.3 Å². The maximum absolute atomic E-state index is 10.6. The molecule has 5 heteroatoms. The predicted octanol–water partition coefficient (Wildman–Crippen LogP) is 0.787.